The molecule has 5 heteroatoms. The fourth-order valence-corrected chi connectivity index (χ4v) is 2.01. The van der Waals surface area contributed by atoms with Crippen LogP contribution >= 0.6 is 0 Å². The van der Waals surface area contributed by atoms with Gasteiger partial charge in [0.2, 0.25) is 0 Å². The van der Waals surface area contributed by atoms with Crippen molar-refractivity contribution < 1.29 is 0 Å². The molecule has 5 nitrogen and oxygen atoms in total. The molecule has 0 unspecified atom stereocenters. The zero-order valence-electron chi connectivity index (χ0n) is 10.9. The monoisotopic (exact) mass is 266 g/mol. The van der Waals surface area contributed by atoms with Crippen LogP contribution in [0.1, 0.15) is 5.56 Å². The highest BCUT2D eigenvalue weighted by Crippen LogP contribution is 2.02. The number of aromatic nitrogens is 4. The van der Waals surface area contributed by atoms with Crippen LogP contribution in [0.5, 0.6) is 0 Å². The maximum absolute atomic E-state index is 11.8. The van der Waals surface area contributed by atoms with Gasteiger partial charge in [-0.2, -0.15) is 5.10 Å². The van der Waals surface area contributed by atoms with Crippen LogP contribution in [0.2, 0.25) is 0 Å². The van der Waals surface area contributed by atoms with E-state index in [-0.39, 0.29) is 5.56 Å². The molecular weight excluding hydrogens is 252 g/mol. The van der Waals surface area contributed by atoms with Crippen molar-refractivity contribution in [3.63, 3.8) is 0 Å². The topological polar surface area (TPSA) is 52.7 Å². The van der Waals surface area contributed by atoms with Crippen LogP contribution in [0.4, 0.5) is 0 Å². The Bertz CT molecular complexity index is 732. The Balaban J connectivity index is 1.82. The lowest BCUT2D eigenvalue weighted by atomic mass is 10.1. The number of hydrogen-bond donors (Lipinski definition) is 0. The van der Waals surface area contributed by atoms with Gasteiger partial charge in [-0.15, -0.1) is 0 Å². The molecule has 0 saturated carbocycles. The van der Waals surface area contributed by atoms with Gasteiger partial charge in [-0.3, -0.25) is 9.36 Å². The third-order valence-corrected chi connectivity index (χ3v) is 3.08. The minimum atomic E-state index is -0.0928. The molecule has 0 aliphatic heterocycles. The summed E-state index contributed by atoms with van der Waals surface area (Å²) in [5.41, 5.74) is 1.10. The van der Waals surface area contributed by atoms with Gasteiger partial charge in [0.1, 0.15) is 6.33 Å². The number of rotatable bonds is 4. The molecule has 3 rings (SSSR count). The van der Waals surface area contributed by atoms with Crippen LogP contribution in [0.25, 0.3) is 5.82 Å². The van der Waals surface area contributed by atoms with Crippen LogP contribution in [0.15, 0.2) is 66.0 Å². The number of nitrogens with zero attached hydrogens (tertiary/aromatic N) is 4. The molecule has 0 bridgehead atoms. The van der Waals surface area contributed by atoms with E-state index in [4.69, 9.17) is 0 Å². The van der Waals surface area contributed by atoms with E-state index >= 15 is 0 Å². The van der Waals surface area contributed by atoms with E-state index < -0.39 is 0 Å². The molecule has 0 aliphatic carbocycles. The summed E-state index contributed by atoms with van der Waals surface area (Å²) in [7, 11) is 0. The second-order valence-electron chi connectivity index (χ2n) is 4.46. The number of hydrogen-bond acceptors (Lipinski definition) is 3. The van der Waals surface area contributed by atoms with Gasteiger partial charge in [-0.25, -0.2) is 9.67 Å². The van der Waals surface area contributed by atoms with Crippen LogP contribution in [-0.2, 0) is 13.0 Å². The molecule has 0 saturated heterocycles. The zero-order chi connectivity index (χ0) is 13.8. The Morgan fingerprint density at radius 3 is 2.65 bits per heavy atom. The van der Waals surface area contributed by atoms with Crippen molar-refractivity contribution in [2.45, 2.75) is 13.0 Å². The van der Waals surface area contributed by atoms with Crippen molar-refractivity contribution in [3.8, 4) is 5.82 Å². The fraction of sp³-hybridized carbons (Fsp3) is 0.133. The highest BCUT2D eigenvalue weighted by atomic mass is 16.1. The number of benzene rings is 1. The summed E-state index contributed by atoms with van der Waals surface area (Å²) in [4.78, 5) is 15.8. The third kappa shape index (κ3) is 2.66. The van der Waals surface area contributed by atoms with Gasteiger partial charge in [0.05, 0.1) is 0 Å². The molecule has 0 fully saturated rings. The summed E-state index contributed by atoms with van der Waals surface area (Å²) in [6, 6.07) is 13.3. The molecule has 0 N–H and O–H groups in total. The Labute approximate surface area is 116 Å². The first-order chi connectivity index (χ1) is 9.83. The quantitative estimate of drug-likeness (QED) is 0.722. The smallest absolute Gasteiger partial charge is 0.266 e. The first kappa shape index (κ1) is 12.3. The normalized spacial score (nSPS) is 10.6. The average Bonchev–Trinajstić information content (AvgIpc) is 3.02. The minimum Gasteiger partial charge on any atom is -0.289 e. The summed E-state index contributed by atoms with van der Waals surface area (Å²) in [5.74, 6) is 0.690. The largest absolute Gasteiger partial charge is 0.289 e. The van der Waals surface area contributed by atoms with Gasteiger partial charge in [-0.1, -0.05) is 30.3 Å². The van der Waals surface area contributed by atoms with Crippen LogP contribution in [-0.4, -0.2) is 19.3 Å². The first-order valence-electron chi connectivity index (χ1n) is 6.43. The lowest BCUT2D eigenvalue weighted by Gasteiger charge is -2.07. The van der Waals surface area contributed by atoms with Crippen molar-refractivity contribution in [1.29, 1.82) is 0 Å². The van der Waals surface area contributed by atoms with Gasteiger partial charge in [-0.05, 0) is 18.1 Å². The van der Waals surface area contributed by atoms with Crippen molar-refractivity contribution in [3.05, 3.63) is 77.1 Å². The lowest BCUT2D eigenvalue weighted by molar-refractivity contribution is 0.571. The van der Waals surface area contributed by atoms with Gasteiger partial charge < -0.3 is 0 Å². The second-order valence-corrected chi connectivity index (χ2v) is 4.46. The maximum Gasteiger partial charge on any atom is 0.266 e. The molecule has 2 heterocycles. The van der Waals surface area contributed by atoms with Crippen molar-refractivity contribution in [2.75, 3.05) is 0 Å². The molecule has 0 aliphatic rings. The summed E-state index contributed by atoms with van der Waals surface area (Å²) in [6.45, 7) is 0.561. The van der Waals surface area contributed by atoms with Gasteiger partial charge >= 0.3 is 0 Å². The Hall–Kier alpha value is -2.69. The fourth-order valence-electron chi connectivity index (χ4n) is 2.01. The number of aryl methyl sites for hydroxylation is 2. The van der Waals surface area contributed by atoms with Crippen LogP contribution < -0.4 is 5.56 Å². The van der Waals surface area contributed by atoms with Crippen molar-refractivity contribution >= 4 is 0 Å². The molecule has 0 amide bonds. The van der Waals surface area contributed by atoms with Gasteiger partial charge in [0, 0.05) is 25.0 Å². The predicted octanol–water partition coefficient (Wildman–Crippen LogP) is 1.67. The Morgan fingerprint density at radius 1 is 1.05 bits per heavy atom. The molecule has 0 radical (unpaired) electrons. The molecule has 1 aromatic carbocycles. The van der Waals surface area contributed by atoms with Crippen LogP contribution in [0, 0.1) is 0 Å². The Kier molecular flexibility index (Phi) is 3.41. The standard InChI is InChI=1S/C15H14N4O/c20-15-7-6-14(18-11-9-16-12-18)17-19(15)10-8-13-4-2-1-3-5-13/h1-7,9,11-12H,8,10H2. The minimum absolute atomic E-state index is 0.0928. The van der Waals surface area contributed by atoms with E-state index in [1.807, 2.05) is 30.3 Å². The van der Waals surface area contributed by atoms with Crippen molar-refractivity contribution in [2.24, 2.45) is 0 Å². The lowest BCUT2D eigenvalue weighted by Crippen LogP contribution is -2.24. The predicted molar refractivity (Wildman–Crippen MR) is 75.8 cm³/mol. The summed E-state index contributed by atoms with van der Waals surface area (Å²) < 4.78 is 3.26. The van der Waals surface area contributed by atoms with E-state index in [0.717, 1.165) is 6.42 Å². The van der Waals surface area contributed by atoms with Crippen LogP contribution in [0.3, 0.4) is 0 Å². The third-order valence-electron chi connectivity index (χ3n) is 3.08. The second kappa shape index (κ2) is 5.52. The summed E-state index contributed by atoms with van der Waals surface area (Å²) in [6.07, 6.45) is 5.92. The molecule has 0 atom stereocenters. The van der Waals surface area contributed by atoms with Gasteiger partial charge in [0.15, 0.2) is 5.82 Å². The summed E-state index contributed by atoms with van der Waals surface area (Å²) in [5, 5.41) is 4.36. The zero-order valence-corrected chi connectivity index (χ0v) is 10.9. The molecule has 100 valence electrons. The average molecular weight is 266 g/mol. The SMILES string of the molecule is O=c1ccc(-n2ccnc2)nn1CCc1ccccc1. The number of imidazole rings is 1. The van der Waals surface area contributed by atoms with E-state index in [2.05, 4.69) is 10.1 Å². The summed E-state index contributed by atoms with van der Waals surface area (Å²) >= 11 is 0. The molecule has 2 aromatic heterocycles. The Morgan fingerprint density at radius 2 is 1.90 bits per heavy atom. The molecule has 0 spiro atoms. The molecular formula is C15H14N4O. The molecule has 3 aromatic rings. The van der Waals surface area contributed by atoms with E-state index in [1.54, 1.807) is 29.4 Å². The van der Waals surface area contributed by atoms with E-state index in [0.29, 0.717) is 12.4 Å². The molecule has 20 heavy (non-hydrogen) atoms. The maximum atomic E-state index is 11.8. The van der Waals surface area contributed by atoms with E-state index in [1.165, 1.54) is 16.3 Å². The first-order valence-corrected chi connectivity index (χ1v) is 6.43. The van der Waals surface area contributed by atoms with Gasteiger partial charge in [0.25, 0.3) is 5.56 Å². The highest BCUT2D eigenvalue weighted by Gasteiger charge is 2.02. The highest BCUT2D eigenvalue weighted by molar-refractivity contribution is 5.19. The van der Waals surface area contributed by atoms with E-state index in [9.17, 15) is 4.79 Å². The van der Waals surface area contributed by atoms with Crippen molar-refractivity contribution in [1.82, 2.24) is 19.3 Å².